The van der Waals surface area contributed by atoms with E-state index in [1.165, 1.54) is 6.20 Å². The van der Waals surface area contributed by atoms with Crippen molar-refractivity contribution in [2.24, 2.45) is 5.92 Å². The number of hydrogen-bond acceptors (Lipinski definition) is 4. The van der Waals surface area contributed by atoms with Crippen LogP contribution in [0.25, 0.3) is 0 Å². The number of carbonyl (C=O) groups is 1. The van der Waals surface area contributed by atoms with Gasteiger partial charge in [-0.2, -0.15) is 0 Å². The molecular formula is C12H16ClN3O2. The van der Waals surface area contributed by atoms with Gasteiger partial charge in [0.1, 0.15) is 5.82 Å². The maximum Gasteiger partial charge on any atom is 0.255 e. The number of nitrogens with zero attached hydrogens (tertiary/aromatic N) is 2. The Morgan fingerprint density at radius 1 is 1.72 bits per heavy atom. The summed E-state index contributed by atoms with van der Waals surface area (Å²) in [7, 11) is 1.67. The van der Waals surface area contributed by atoms with Gasteiger partial charge in [-0.15, -0.1) is 0 Å². The Hall–Kier alpha value is -1.33. The summed E-state index contributed by atoms with van der Waals surface area (Å²) in [5, 5.41) is 0.313. The van der Waals surface area contributed by atoms with Crippen LogP contribution in [-0.2, 0) is 4.74 Å². The van der Waals surface area contributed by atoms with Gasteiger partial charge in [-0.1, -0.05) is 11.6 Å². The van der Waals surface area contributed by atoms with E-state index in [1.54, 1.807) is 18.1 Å². The van der Waals surface area contributed by atoms with Gasteiger partial charge in [0.2, 0.25) is 0 Å². The number of rotatable bonds is 3. The van der Waals surface area contributed by atoms with Gasteiger partial charge in [0.15, 0.2) is 0 Å². The molecule has 0 aromatic carbocycles. The van der Waals surface area contributed by atoms with Crippen molar-refractivity contribution in [3.63, 3.8) is 0 Å². The lowest BCUT2D eigenvalue weighted by atomic mass is 10.1. The molecule has 2 N–H and O–H groups in total. The summed E-state index contributed by atoms with van der Waals surface area (Å²) in [5.74, 6) is 0.603. The maximum atomic E-state index is 12.2. The van der Waals surface area contributed by atoms with Crippen LogP contribution >= 0.6 is 11.6 Å². The molecule has 6 heteroatoms. The second-order valence-corrected chi connectivity index (χ2v) is 4.86. The first-order valence-electron chi connectivity index (χ1n) is 5.81. The number of aromatic nitrogens is 1. The van der Waals surface area contributed by atoms with Crippen molar-refractivity contribution in [3.8, 4) is 0 Å². The molecule has 1 saturated heterocycles. The van der Waals surface area contributed by atoms with Crippen molar-refractivity contribution < 1.29 is 9.53 Å². The van der Waals surface area contributed by atoms with Crippen molar-refractivity contribution in [2.45, 2.75) is 6.42 Å². The van der Waals surface area contributed by atoms with Crippen LogP contribution in [-0.4, -0.2) is 42.6 Å². The smallest absolute Gasteiger partial charge is 0.255 e. The minimum Gasteiger partial charge on any atom is -0.384 e. The molecule has 0 aliphatic carbocycles. The van der Waals surface area contributed by atoms with Crippen LogP contribution in [0.5, 0.6) is 0 Å². The average molecular weight is 270 g/mol. The molecule has 1 unspecified atom stereocenters. The number of likely N-dealkylation sites (tertiary alicyclic amines) is 1. The predicted molar refractivity (Wildman–Crippen MR) is 69.5 cm³/mol. The van der Waals surface area contributed by atoms with E-state index >= 15 is 0 Å². The quantitative estimate of drug-likeness (QED) is 0.901. The molecule has 18 heavy (non-hydrogen) atoms. The summed E-state index contributed by atoms with van der Waals surface area (Å²) in [5.41, 5.74) is 6.00. The summed E-state index contributed by atoms with van der Waals surface area (Å²) in [4.78, 5) is 17.9. The lowest BCUT2D eigenvalue weighted by Gasteiger charge is -2.16. The Bertz CT molecular complexity index is 453. The molecule has 5 nitrogen and oxygen atoms in total. The van der Waals surface area contributed by atoms with Crippen LogP contribution in [0.15, 0.2) is 12.3 Å². The third-order valence-electron chi connectivity index (χ3n) is 3.09. The average Bonchev–Trinajstić information content (AvgIpc) is 2.81. The molecule has 1 aromatic heterocycles. The number of anilines is 1. The third kappa shape index (κ3) is 2.73. The number of ether oxygens (including phenoxy) is 1. The van der Waals surface area contributed by atoms with Crippen LogP contribution in [0.3, 0.4) is 0 Å². The minimum absolute atomic E-state index is 0.0528. The molecule has 1 aliphatic rings. The predicted octanol–water partition coefficient (Wildman–Crippen LogP) is 1.43. The second-order valence-electron chi connectivity index (χ2n) is 4.45. The van der Waals surface area contributed by atoms with Crippen molar-refractivity contribution in [2.75, 3.05) is 32.5 Å². The highest BCUT2D eigenvalue weighted by Crippen LogP contribution is 2.21. The molecule has 0 radical (unpaired) electrons. The lowest BCUT2D eigenvalue weighted by Crippen LogP contribution is -2.29. The summed E-state index contributed by atoms with van der Waals surface area (Å²) < 4.78 is 5.11. The fourth-order valence-corrected chi connectivity index (χ4v) is 2.30. The molecule has 1 aromatic rings. The Morgan fingerprint density at radius 3 is 3.17 bits per heavy atom. The van der Waals surface area contributed by atoms with E-state index in [0.717, 1.165) is 13.0 Å². The number of methoxy groups -OCH3 is 1. The van der Waals surface area contributed by atoms with Gasteiger partial charge < -0.3 is 15.4 Å². The molecule has 0 saturated carbocycles. The number of nitrogens with two attached hydrogens (primary N) is 1. The van der Waals surface area contributed by atoms with Crippen LogP contribution in [0.4, 0.5) is 5.82 Å². The molecule has 0 spiro atoms. The standard InChI is InChI=1S/C12H16ClN3O2/c1-18-7-8-2-3-16(6-8)12(17)9-4-10(13)11(14)15-5-9/h4-5,8H,2-3,6-7H2,1H3,(H2,14,15). The van der Waals surface area contributed by atoms with E-state index in [4.69, 9.17) is 22.1 Å². The van der Waals surface area contributed by atoms with Gasteiger partial charge in [0, 0.05) is 32.3 Å². The zero-order valence-electron chi connectivity index (χ0n) is 10.2. The maximum absolute atomic E-state index is 12.2. The Balaban J connectivity index is 2.05. The summed E-state index contributed by atoms with van der Waals surface area (Å²) in [6.45, 7) is 2.15. The number of halogens is 1. The SMILES string of the molecule is COCC1CCN(C(=O)c2cnc(N)c(Cl)c2)C1. The van der Waals surface area contributed by atoms with Crippen molar-refractivity contribution in [3.05, 3.63) is 22.8 Å². The number of nitrogen functional groups attached to an aromatic ring is 1. The molecule has 98 valence electrons. The van der Waals surface area contributed by atoms with Crippen molar-refractivity contribution in [1.29, 1.82) is 0 Å². The molecule has 1 aliphatic heterocycles. The molecular weight excluding hydrogens is 254 g/mol. The highest BCUT2D eigenvalue weighted by Gasteiger charge is 2.27. The number of amides is 1. The van der Waals surface area contributed by atoms with Crippen LogP contribution in [0.1, 0.15) is 16.8 Å². The van der Waals surface area contributed by atoms with E-state index in [9.17, 15) is 4.79 Å². The fraction of sp³-hybridized carbons (Fsp3) is 0.500. The van der Waals surface area contributed by atoms with E-state index in [0.29, 0.717) is 29.7 Å². The van der Waals surface area contributed by atoms with E-state index in [-0.39, 0.29) is 11.7 Å². The first kappa shape index (κ1) is 13.1. The normalized spacial score (nSPS) is 19.2. The van der Waals surface area contributed by atoms with Crippen LogP contribution < -0.4 is 5.73 Å². The van der Waals surface area contributed by atoms with E-state index in [2.05, 4.69) is 4.98 Å². The molecule has 1 atom stereocenters. The highest BCUT2D eigenvalue weighted by molar-refractivity contribution is 6.33. The van der Waals surface area contributed by atoms with Crippen molar-refractivity contribution in [1.82, 2.24) is 9.88 Å². The number of carbonyl (C=O) groups excluding carboxylic acids is 1. The largest absolute Gasteiger partial charge is 0.384 e. The van der Waals surface area contributed by atoms with Gasteiger partial charge in [0.05, 0.1) is 17.2 Å². The first-order chi connectivity index (χ1) is 8.61. The van der Waals surface area contributed by atoms with Gasteiger partial charge in [-0.25, -0.2) is 4.98 Å². The molecule has 2 heterocycles. The van der Waals surface area contributed by atoms with Gasteiger partial charge in [0.25, 0.3) is 5.91 Å². The summed E-state index contributed by atoms with van der Waals surface area (Å²) in [6, 6.07) is 1.57. The van der Waals surface area contributed by atoms with E-state index in [1.807, 2.05) is 0 Å². The molecule has 1 fully saturated rings. The Kier molecular flexibility index (Phi) is 4.04. The van der Waals surface area contributed by atoms with E-state index < -0.39 is 0 Å². The number of pyridine rings is 1. The summed E-state index contributed by atoms with van der Waals surface area (Å²) >= 11 is 5.86. The second kappa shape index (κ2) is 5.54. The fourth-order valence-electron chi connectivity index (χ4n) is 2.14. The van der Waals surface area contributed by atoms with Crippen molar-refractivity contribution >= 4 is 23.3 Å². The number of hydrogen-bond donors (Lipinski definition) is 1. The highest BCUT2D eigenvalue weighted by atomic mass is 35.5. The van der Waals surface area contributed by atoms with Crippen LogP contribution in [0.2, 0.25) is 5.02 Å². The Morgan fingerprint density at radius 2 is 2.50 bits per heavy atom. The molecule has 1 amide bonds. The Labute approximate surface area is 111 Å². The monoisotopic (exact) mass is 269 g/mol. The van der Waals surface area contributed by atoms with Gasteiger partial charge in [-0.3, -0.25) is 4.79 Å². The lowest BCUT2D eigenvalue weighted by molar-refractivity contribution is 0.0775. The third-order valence-corrected chi connectivity index (χ3v) is 3.39. The molecule has 0 bridgehead atoms. The zero-order valence-corrected chi connectivity index (χ0v) is 11.0. The first-order valence-corrected chi connectivity index (χ1v) is 6.19. The molecule has 2 rings (SSSR count). The van der Waals surface area contributed by atoms with Gasteiger partial charge in [-0.05, 0) is 12.5 Å². The van der Waals surface area contributed by atoms with Gasteiger partial charge >= 0.3 is 0 Å². The van der Waals surface area contributed by atoms with Crippen LogP contribution in [0, 0.1) is 5.92 Å². The topological polar surface area (TPSA) is 68.5 Å². The summed E-state index contributed by atoms with van der Waals surface area (Å²) in [6.07, 6.45) is 2.43. The minimum atomic E-state index is -0.0528. The zero-order chi connectivity index (χ0) is 13.1.